The van der Waals surface area contributed by atoms with Crippen molar-refractivity contribution in [2.75, 3.05) is 18.0 Å². The van der Waals surface area contributed by atoms with Gasteiger partial charge in [-0.1, -0.05) is 11.6 Å². The topological polar surface area (TPSA) is 46.3 Å². The van der Waals surface area contributed by atoms with Crippen molar-refractivity contribution in [1.82, 2.24) is 4.90 Å². The first-order chi connectivity index (χ1) is 9.08. The van der Waals surface area contributed by atoms with Crippen LogP contribution in [0.1, 0.15) is 26.2 Å². The zero-order chi connectivity index (χ0) is 13.8. The highest BCUT2D eigenvalue weighted by Crippen LogP contribution is 2.28. The summed E-state index contributed by atoms with van der Waals surface area (Å²) in [7, 11) is 0. The Bertz CT molecular complexity index is 467. The van der Waals surface area contributed by atoms with E-state index in [1.807, 2.05) is 11.0 Å². The van der Waals surface area contributed by atoms with Crippen LogP contribution in [0.3, 0.4) is 0 Å². The lowest BCUT2D eigenvalue weighted by molar-refractivity contribution is -0.131. The number of benzene rings is 1. The zero-order valence-electron chi connectivity index (χ0n) is 11.1. The lowest BCUT2D eigenvalue weighted by Crippen LogP contribution is -2.42. The van der Waals surface area contributed by atoms with E-state index in [-0.39, 0.29) is 5.91 Å². The van der Waals surface area contributed by atoms with Gasteiger partial charge in [-0.3, -0.25) is 4.79 Å². The number of nitrogen functional groups attached to an aromatic ring is 1. The highest BCUT2D eigenvalue weighted by Gasteiger charge is 2.22. The Kier molecular flexibility index (Phi) is 4.99. The molecular weight excluding hydrogens is 280 g/mol. The molecule has 1 heterocycles. The van der Waals surface area contributed by atoms with Crippen molar-refractivity contribution < 1.29 is 4.79 Å². The summed E-state index contributed by atoms with van der Waals surface area (Å²) < 4.78 is 0. The average Bonchev–Trinajstić information content (AvgIpc) is 2.38. The molecule has 1 aromatic carbocycles. The molecule has 1 aliphatic heterocycles. The maximum atomic E-state index is 12.2. The van der Waals surface area contributed by atoms with E-state index in [1.54, 1.807) is 12.1 Å². The second-order valence-corrected chi connectivity index (χ2v) is 6.36. The van der Waals surface area contributed by atoms with E-state index in [4.69, 9.17) is 17.3 Å². The smallest absolute Gasteiger partial charge is 0.233 e. The molecule has 2 N–H and O–H groups in total. The molecule has 0 saturated carbocycles. The van der Waals surface area contributed by atoms with Crippen LogP contribution in [-0.2, 0) is 4.79 Å². The molecule has 5 heteroatoms. The third-order valence-corrected chi connectivity index (χ3v) is 4.76. The molecule has 1 unspecified atom stereocenters. The van der Waals surface area contributed by atoms with Gasteiger partial charge in [0.2, 0.25) is 5.91 Å². The number of piperidine rings is 1. The number of nitrogens with zero attached hydrogens (tertiary/aromatic N) is 1. The van der Waals surface area contributed by atoms with Gasteiger partial charge < -0.3 is 10.6 Å². The summed E-state index contributed by atoms with van der Waals surface area (Å²) in [6, 6.07) is 5.76. The Balaban J connectivity index is 1.92. The fourth-order valence-electron chi connectivity index (χ4n) is 2.34. The third kappa shape index (κ3) is 3.80. The number of carbonyl (C=O) groups excluding carboxylic acids is 1. The van der Waals surface area contributed by atoms with Crippen molar-refractivity contribution in [3.05, 3.63) is 23.2 Å². The zero-order valence-corrected chi connectivity index (χ0v) is 12.6. The predicted molar refractivity (Wildman–Crippen MR) is 81.6 cm³/mol. The molecule has 0 spiro atoms. The molecule has 2 rings (SSSR count). The molecule has 1 atom stereocenters. The lowest BCUT2D eigenvalue weighted by Gasteiger charge is -2.33. The number of likely N-dealkylation sites (tertiary alicyclic amines) is 1. The summed E-state index contributed by atoms with van der Waals surface area (Å²) >= 11 is 7.34. The number of halogens is 1. The number of nitrogens with two attached hydrogens (primary N) is 1. The number of anilines is 1. The standard InChI is InChI=1S/C14H19ClN2OS/c1-10-4-2-3-7-17(10)14(18)9-19-13-6-5-11(15)8-12(13)16/h5-6,8,10H,2-4,7,9,16H2,1H3. The van der Waals surface area contributed by atoms with Crippen LogP contribution in [0, 0.1) is 0 Å². The molecule has 1 saturated heterocycles. The molecule has 104 valence electrons. The van der Waals surface area contributed by atoms with E-state index < -0.39 is 0 Å². The maximum absolute atomic E-state index is 12.2. The first-order valence-electron chi connectivity index (χ1n) is 6.55. The number of rotatable bonds is 3. The minimum Gasteiger partial charge on any atom is -0.398 e. The van der Waals surface area contributed by atoms with E-state index in [9.17, 15) is 4.79 Å². The average molecular weight is 299 g/mol. The molecular formula is C14H19ClN2OS. The van der Waals surface area contributed by atoms with Gasteiger partial charge in [0.15, 0.2) is 0 Å². The molecule has 0 bridgehead atoms. The second kappa shape index (κ2) is 6.53. The van der Waals surface area contributed by atoms with Crippen molar-refractivity contribution in [2.45, 2.75) is 37.1 Å². The quantitative estimate of drug-likeness (QED) is 0.687. The summed E-state index contributed by atoms with van der Waals surface area (Å²) in [5.41, 5.74) is 6.52. The van der Waals surface area contributed by atoms with Gasteiger partial charge in [0.1, 0.15) is 0 Å². The number of amides is 1. The van der Waals surface area contributed by atoms with Gasteiger partial charge in [-0.15, -0.1) is 11.8 Å². The Hall–Kier alpha value is -0.870. The first kappa shape index (κ1) is 14.5. The SMILES string of the molecule is CC1CCCCN1C(=O)CSc1ccc(Cl)cc1N. The van der Waals surface area contributed by atoms with Gasteiger partial charge in [-0.25, -0.2) is 0 Å². The number of thioether (sulfide) groups is 1. The van der Waals surface area contributed by atoms with Crippen LogP contribution in [0.5, 0.6) is 0 Å². The fourth-order valence-corrected chi connectivity index (χ4v) is 3.36. The monoisotopic (exact) mass is 298 g/mol. The Labute approximate surface area is 123 Å². The van der Waals surface area contributed by atoms with Crippen LogP contribution >= 0.6 is 23.4 Å². The van der Waals surface area contributed by atoms with Gasteiger partial charge in [0.25, 0.3) is 0 Å². The molecule has 1 aromatic rings. The molecule has 1 aliphatic rings. The van der Waals surface area contributed by atoms with Gasteiger partial charge in [0, 0.05) is 28.2 Å². The summed E-state index contributed by atoms with van der Waals surface area (Å²) in [5, 5.41) is 0.623. The van der Waals surface area contributed by atoms with Crippen molar-refractivity contribution in [1.29, 1.82) is 0 Å². The summed E-state index contributed by atoms with van der Waals surface area (Å²) in [5.74, 6) is 0.641. The highest BCUT2D eigenvalue weighted by molar-refractivity contribution is 8.00. The van der Waals surface area contributed by atoms with Crippen molar-refractivity contribution >= 4 is 35.0 Å². The van der Waals surface area contributed by atoms with Gasteiger partial charge in [-0.05, 0) is 44.4 Å². The van der Waals surface area contributed by atoms with Crippen LogP contribution < -0.4 is 5.73 Å². The van der Waals surface area contributed by atoms with Gasteiger partial charge in [0.05, 0.1) is 5.75 Å². The van der Waals surface area contributed by atoms with Crippen molar-refractivity contribution in [3.8, 4) is 0 Å². The minimum atomic E-state index is 0.201. The maximum Gasteiger partial charge on any atom is 0.233 e. The van der Waals surface area contributed by atoms with Crippen LogP contribution in [0.15, 0.2) is 23.1 Å². The van der Waals surface area contributed by atoms with Crippen LogP contribution in [0.4, 0.5) is 5.69 Å². The van der Waals surface area contributed by atoms with E-state index in [1.165, 1.54) is 18.2 Å². The van der Waals surface area contributed by atoms with Crippen molar-refractivity contribution in [2.24, 2.45) is 0 Å². The second-order valence-electron chi connectivity index (χ2n) is 4.90. The first-order valence-corrected chi connectivity index (χ1v) is 7.91. The number of hydrogen-bond acceptors (Lipinski definition) is 3. The summed E-state index contributed by atoms with van der Waals surface area (Å²) in [4.78, 5) is 15.1. The molecule has 3 nitrogen and oxygen atoms in total. The molecule has 19 heavy (non-hydrogen) atoms. The Morgan fingerprint density at radius 2 is 2.32 bits per heavy atom. The highest BCUT2D eigenvalue weighted by atomic mass is 35.5. The minimum absolute atomic E-state index is 0.201. The molecule has 1 fully saturated rings. The van der Waals surface area contributed by atoms with E-state index in [0.717, 1.165) is 24.3 Å². The molecule has 0 radical (unpaired) electrons. The van der Waals surface area contributed by atoms with Gasteiger partial charge >= 0.3 is 0 Å². The number of hydrogen-bond donors (Lipinski definition) is 1. The largest absolute Gasteiger partial charge is 0.398 e. The van der Waals surface area contributed by atoms with Crippen LogP contribution in [0.2, 0.25) is 5.02 Å². The number of carbonyl (C=O) groups is 1. The normalized spacial score (nSPS) is 19.5. The Morgan fingerprint density at radius 3 is 3.00 bits per heavy atom. The summed E-state index contributed by atoms with van der Waals surface area (Å²) in [6.07, 6.45) is 3.45. The molecule has 0 aromatic heterocycles. The third-order valence-electron chi connectivity index (χ3n) is 3.45. The molecule has 0 aliphatic carbocycles. The van der Waals surface area contributed by atoms with Crippen LogP contribution in [-0.4, -0.2) is 29.1 Å². The summed E-state index contributed by atoms with van der Waals surface area (Å²) in [6.45, 7) is 3.01. The van der Waals surface area contributed by atoms with E-state index >= 15 is 0 Å². The predicted octanol–water partition coefficient (Wildman–Crippen LogP) is 3.42. The van der Waals surface area contributed by atoms with Crippen LogP contribution in [0.25, 0.3) is 0 Å². The van der Waals surface area contributed by atoms with Gasteiger partial charge in [-0.2, -0.15) is 0 Å². The van der Waals surface area contributed by atoms with E-state index in [0.29, 0.717) is 22.5 Å². The van der Waals surface area contributed by atoms with Crippen molar-refractivity contribution in [3.63, 3.8) is 0 Å². The Morgan fingerprint density at radius 1 is 1.53 bits per heavy atom. The van der Waals surface area contributed by atoms with E-state index in [2.05, 4.69) is 6.92 Å². The molecule has 1 amide bonds. The fraction of sp³-hybridized carbons (Fsp3) is 0.500. The lowest BCUT2D eigenvalue weighted by atomic mass is 10.0.